The summed E-state index contributed by atoms with van der Waals surface area (Å²) in [4.78, 5) is 33.4. The van der Waals surface area contributed by atoms with Gasteiger partial charge in [0.15, 0.2) is 11.2 Å². The molecule has 7 nitrogen and oxygen atoms in total. The number of carbonyl (C=O) groups is 2. The molecule has 0 radical (unpaired) electrons. The predicted octanol–water partition coefficient (Wildman–Crippen LogP) is 3.34. The molecule has 0 bridgehead atoms. The molecule has 0 aliphatic carbocycles. The number of hydrogen-bond donors (Lipinski definition) is 1. The Labute approximate surface area is 197 Å². The number of fused-ring (bicyclic) bond motifs is 3. The molecule has 1 aromatic heterocycles. The normalized spacial score (nSPS) is 24.6. The molecule has 0 saturated carbocycles. The predicted molar refractivity (Wildman–Crippen MR) is 127 cm³/mol. The number of carbonyl (C=O) groups excluding carboxylic acids is 2. The third-order valence-corrected chi connectivity index (χ3v) is 6.80. The van der Waals surface area contributed by atoms with E-state index >= 15 is 0 Å². The van der Waals surface area contributed by atoms with E-state index in [0.717, 1.165) is 11.3 Å². The molecule has 2 aliphatic heterocycles. The molecule has 3 aromatic rings. The van der Waals surface area contributed by atoms with E-state index in [1.54, 1.807) is 54.9 Å². The van der Waals surface area contributed by atoms with Crippen molar-refractivity contribution in [2.24, 2.45) is 11.1 Å². The average Bonchev–Trinajstić information content (AvgIpc) is 3.20. The maximum Gasteiger partial charge on any atom is 0.241 e. The van der Waals surface area contributed by atoms with Gasteiger partial charge in [0.25, 0.3) is 0 Å². The molecular weight excluding hydrogens is 428 g/mol. The molecule has 1 amide bonds. The van der Waals surface area contributed by atoms with Gasteiger partial charge in [-0.05, 0) is 35.4 Å². The van der Waals surface area contributed by atoms with E-state index in [1.807, 2.05) is 35.2 Å². The zero-order valence-corrected chi connectivity index (χ0v) is 18.5. The molecule has 1 saturated heterocycles. The highest BCUT2D eigenvalue weighted by molar-refractivity contribution is 6.06. The van der Waals surface area contributed by atoms with Crippen LogP contribution in [0.1, 0.15) is 27.4 Å². The molecule has 2 aliphatic rings. The summed E-state index contributed by atoms with van der Waals surface area (Å²) in [7, 11) is 1.53. The summed E-state index contributed by atoms with van der Waals surface area (Å²) in [5.74, 6) is -1.31. The van der Waals surface area contributed by atoms with Crippen molar-refractivity contribution in [2.75, 3.05) is 12.0 Å². The first kappa shape index (κ1) is 21.4. The van der Waals surface area contributed by atoms with E-state index in [-0.39, 0.29) is 5.78 Å². The summed E-state index contributed by atoms with van der Waals surface area (Å²) >= 11 is 0. The van der Waals surface area contributed by atoms with Crippen molar-refractivity contribution in [3.8, 4) is 11.8 Å². The molecule has 4 atom stereocenters. The summed E-state index contributed by atoms with van der Waals surface area (Å²) in [5.41, 5.74) is 6.96. The van der Waals surface area contributed by atoms with Crippen molar-refractivity contribution in [3.05, 3.63) is 95.8 Å². The number of amides is 1. The van der Waals surface area contributed by atoms with E-state index < -0.39 is 29.3 Å². The number of primary amides is 1. The number of hydrogen-bond acceptors (Lipinski definition) is 6. The molecule has 7 heteroatoms. The molecule has 5 rings (SSSR count). The van der Waals surface area contributed by atoms with Crippen molar-refractivity contribution in [2.45, 2.75) is 18.0 Å². The fraction of sp³-hybridized carbons (Fsp3) is 0.185. The van der Waals surface area contributed by atoms with Gasteiger partial charge < -0.3 is 15.4 Å². The van der Waals surface area contributed by atoms with Crippen LogP contribution < -0.4 is 15.4 Å². The number of ether oxygens (including phenoxy) is 1. The fourth-order valence-electron chi connectivity index (χ4n) is 5.31. The fourth-order valence-corrected chi connectivity index (χ4v) is 5.31. The van der Waals surface area contributed by atoms with Gasteiger partial charge in [-0.25, -0.2) is 0 Å². The Morgan fingerprint density at radius 2 is 1.97 bits per heavy atom. The quantitative estimate of drug-likeness (QED) is 0.597. The molecule has 2 N–H and O–H groups in total. The minimum atomic E-state index is -1.69. The van der Waals surface area contributed by atoms with E-state index in [1.165, 1.54) is 7.11 Å². The van der Waals surface area contributed by atoms with Crippen molar-refractivity contribution in [1.82, 2.24) is 4.98 Å². The van der Waals surface area contributed by atoms with Crippen LogP contribution in [0.4, 0.5) is 5.69 Å². The lowest BCUT2D eigenvalue weighted by Crippen LogP contribution is -2.49. The van der Waals surface area contributed by atoms with E-state index in [9.17, 15) is 14.9 Å². The van der Waals surface area contributed by atoms with Crippen LogP contribution in [0, 0.1) is 16.7 Å². The van der Waals surface area contributed by atoms with Crippen LogP contribution in [-0.2, 0) is 4.79 Å². The molecule has 3 heterocycles. The Bertz CT molecular complexity index is 1350. The first-order valence-electron chi connectivity index (χ1n) is 10.9. The largest absolute Gasteiger partial charge is 0.497 e. The zero-order chi connectivity index (χ0) is 23.9. The number of para-hydroxylation sites is 1. The van der Waals surface area contributed by atoms with Crippen LogP contribution in [-0.4, -0.2) is 35.9 Å². The van der Waals surface area contributed by atoms with Crippen LogP contribution in [0.15, 0.2) is 79.1 Å². The number of ketones is 1. The summed E-state index contributed by atoms with van der Waals surface area (Å²) in [6.07, 6.45) is 6.89. The second-order valence-electron chi connectivity index (χ2n) is 8.42. The number of aromatic nitrogens is 1. The summed E-state index contributed by atoms with van der Waals surface area (Å²) in [5, 5.41) is 10.5. The minimum absolute atomic E-state index is 0.235. The van der Waals surface area contributed by atoms with Crippen LogP contribution in [0.25, 0.3) is 6.08 Å². The van der Waals surface area contributed by atoms with Crippen molar-refractivity contribution in [3.63, 3.8) is 0 Å². The van der Waals surface area contributed by atoms with Crippen molar-refractivity contribution in [1.29, 1.82) is 5.26 Å². The van der Waals surface area contributed by atoms with Gasteiger partial charge in [-0.2, -0.15) is 5.26 Å². The Balaban J connectivity index is 1.80. The summed E-state index contributed by atoms with van der Waals surface area (Å²) < 4.78 is 5.33. The SMILES string of the molecule is COc1cccc(C(=O)[C@@H]2[C@H](c3cccnc3)[C@](C#N)(C(N)=O)[C@@H]3C=Cc4ccccc4N23)c1. The van der Waals surface area contributed by atoms with Gasteiger partial charge in [0.1, 0.15) is 11.8 Å². The highest BCUT2D eigenvalue weighted by atomic mass is 16.5. The maximum absolute atomic E-state index is 14.2. The van der Waals surface area contributed by atoms with Gasteiger partial charge in [-0.15, -0.1) is 0 Å². The van der Waals surface area contributed by atoms with Crippen LogP contribution in [0.5, 0.6) is 5.75 Å². The second-order valence-corrected chi connectivity index (χ2v) is 8.42. The van der Waals surface area contributed by atoms with Crippen LogP contribution in [0.3, 0.4) is 0 Å². The number of benzene rings is 2. The van der Waals surface area contributed by atoms with Crippen LogP contribution >= 0.6 is 0 Å². The molecule has 2 aromatic carbocycles. The van der Waals surface area contributed by atoms with Gasteiger partial charge in [0, 0.05) is 29.6 Å². The number of nitrogens with zero attached hydrogens (tertiary/aromatic N) is 3. The van der Waals surface area contributed by atoms with Gasteiger partial charge in [-0.3, -0.25) is 14.6 Å². The Morgan fingerprint density at radius 3 is 2.68 bits per heavy atom. The van der Waals surface area contributed by atoms with Crippen LogP contribution in [0.2, 0.25) is 0 Å². The van der Waals surface area contributed by atoms with E-state index in [0.29, 0.717) is 16.9 Å². The second kappa shape index (κ2) is 8.16. The summed E-state index contributed by atoms with van der Waals surface area (Å²) in [6, 6.07) is 18.6. The average molecular weight is 450 g/mol. The third-order valence-electron chi connectivity index (χ3n) is 6.80. The smallest absolute Gasteiger partial charge is 0.241 e. The molecule has 34 heavy (non-hydrogen) atoms. The monoisotopic (exact) mass is 450 g/mol. The van der Waals surface area contributed by atoms with Gasteiger partial charge in [0.2, 0.25) is 5.91 Å². The first-order chi connectivity index (χ1) is 16.5. The molecule has 0 unspecified atom stereocenters. The highest BCUT2D eigenvalue weighted by Crippen LogP contribution is 2.55. The van der Waals surface area contributed by atoms with Gasteiger partial charge >= 0.3 is 0 Å². The molecular formula is C27H22N4O3. The zero-order valence-electron chi connectivity index (χ0n) is 18.5. The third kappa shape index (κ3) is 3.00. The van der Waals surface area contributed by atoms with Gasteiger partial charge in [-0.1, -0.05) is 48.6 Å². The first-order valence-corrected chi connectivity index (χ1v) is 10.9. The molecule has 1 fully saturated rings. The Kier molecular flexibility index (Phi) is 5.14. The molecule has 168 valence electrons. The van der Waals surface area contributed by atoms with Gasteiger partial charge in [0.05, 0.1) is 19.2 Å². The molecule has 0 spiro atoms. The lowest BCUT2D eigenvalue weighted by atomic mass is 9.68. The number of nitriles is 1. The number of nitrogens with two attached hydrogens (primary N) is 1. The standard InChI is InChI=1S/C27H22N4O3/c1-34-20-9-4-7-18(14-20)25(32)24-23(19-8-5-13-30-15-19)27(16-28,26(29)33)22-12-11-17-6-2-3-10-21(17)31(22)24/h2-15,22-24H,1H3,(H2,29,33)/t22-,23-,24-,27+/m0/s1. The van der Waals surface area contributed by atoms with Crippen molar-refractivity contribution >= 4 is 23.5 Å². The number of rotatable bonds is 5. The lowest BCUT2D eigenvalue weighted by molar-refractivity contribution is -0.125. The number of Topliss-reactive ketones (excluding diaryl/α,β-unsaturated/α-hetero) is 1. The topological polar surface area (TPSA) is 109 Å². The number of anilines is 1. The number of pyridine rings is 1. The number of methoxy groups -OCH3 is 1. The van der Waals surface area contributed by atoms with E-state index in [2.05, 4.69) is 11.1 Å². The Hall–Kier alpha value is -4.44. The summed E-state index contributed by atoms with van der Waals surface area (Å²) in [6.45, 7) is 0. The van der Waals surface area contributed by atoms with E-state index in [4.69, 9.17) is 10.5 Å². The Morgan fingerprint density at radius 1 is 1.15 bits per heavy atom. The maximum atomic E-state index is 14.2. The minimum Gasteiger partial charge on any atom is -0.497 e. The highest BCUT2D eigenvalue weighted by Gasteiger charge is 2.65. The lowest BCUT2D eigenvalue weighted by Gasteiger charge is -2.36. The van der Waals surface area contributed by atoms with Crippen molar-refractivity contribution < 1.29 is 14.3 Å².